The molecule has 3 rings (SSSR count). The summed E-state index contributed by atoms with van der Waals surface area (Å²) < 4.78 is 0. The van der Waals surface area contributed by atoms with Gasteiger partial charge >= 0.3 is 0 Å². The molecule has 1 fully saturated rings. The maximum atomic E-state index is 9.49. The quantitative estimate of drug-likeness (QED) is 0.851. The fourth-order valence-electron chi connectivity index (χ4n) is 2.62. The van der Waals surface area contributed by atoms with Gasteiger partial charge in [0.2, 0.25) is 0 Å². The van der Waals surface area contributed by atoms with E-state index in [1.165, 1.54) is 16.6 Å². The van der Waals surface area contributed by atoms with Crippen molar-refractivity contribution in [3.05, 3.63) is 36.7 Å². The van der Waals surface area contributed by atoms with Gasteiger partial charge in [0.25, 0.3) is 0 Å². The molecule has 1 aliphatic rings. The first-order chi connectivity index (χ1) is 8.75. The number of H-pyrrole nitrogens is 1. The van der Waals surface area contributed by atoms with Gasteiger partial charge in [-0.25, -0.2) is 0 Å². The minimum atomic E-state index is 0.425. The van der Waals surface area contributed by atoms with Gasteiger partial charge in [-0.1, -0.05) is 6.07 Å². The molecule has 18 heavy (non-hydrogen) atoms. The van der Waals surface area contributed by atoms with Crippen LogP contribution in [0.15, 0.2) is 30.5 Å². The highest BCUT2D eigenvalue weighted by atomic mass is 16.3. The van der Waals surface area contributed by atoms with Gasteiger partial charge < -0.3 is 15.0 Å². The highest BCUT2D eigenvalue weighted by Gasteiger charge is 2.21. The molecule has 0 bridgehead atoms. The van der Waals surface area contributed by atoms with E-state index >= 15 is 0 Å². The van der Waals surface area contributed by atoms with Gasteiger partial charge in [-0.3, -0.25) is 4.90 Å². The number of aromatic amines is 1. The van der Waals surface area contributed by atoms with Crippen molar-refractivity contribution < 1.29 is 5.11 Å². The van der Waals surface area contributed by atoms with Crippen molar-refractivity contribution in [1.29, 1.82) is 0 Å². The highest BCUT2D eigenvalue weighted by molar-refractivity contribution is 5.92. The molecule has 95 valence electrons. The van der Waals surface area contributed by atoms with E-state index in [9.17, 15) is 5.11 Å². The second-order valence-corrected chi connectivity index (χ2v) is 4.74. The summed E-state index contributed by atoms with van der Waals surface area (Å²) in [6.45, 7) is 5.40. The van der Waals surface area contributed by atoms with E-state index in [4.69, 9.17) is 0 Å². The number of benzene rings is 1. The number of nitrogens with zero attached hydrogens (tertiary/aromatic N) is 2. The Kier molecular flexibility index (Phi) is 2.97. The Labute approximate surface area is 107 Å². The maximum Gasteiger partial charge on any atom is 0.158 e. The zero-order valence-corrected chi connectivity index (χ0v) is 10.6. The third-order valence-corrected chi connectivity index (χ3v) is 3.65. The van der Waals surface area contributed by atoms with Crippen LogP contribution in [0.25, 0.3) is 10.9 Å². The predicted molar refractivity (Wildman–Crippen MR) is 72.9 cm³/mol. The molecule has 1 radical (unpaired) electrons. The molecular weight excluding hydrogens is 226 g/mol. The van der Waals surface area contributed by atoms with E-state index in [1.807, 2.05) is 11.1 Å². The van der Waals surface area contributed by atoms with Crippen molar-refractivity contribution in [1.82, 2.24) is 9.88 Å². The van der Waals surface area contributed by atoms with E-state index in [-0.39, 0.29) is 0 Å². The van der Waals surface area contributed by atoms with Crippen LogP contribution in [0.4, 0.5) is 5.69 Å². The molecule has 4 nitrogen and oxygen atoms in total. The number of aliphatic hydroxyl groups excluding tert-OH is 1. The van der Waals surface area contributed by atoms with E-state index in [2.05, 4.69) is 34.1 Å². The summed E-state index contributed by atoms with van der Waals surface area (Å²) in [6, 6.07) is 8.48. The number of aliphatic hydroxyl groups is 1. The largest absolute Gasteiger partial charge is 0.371 e. The molecule has 1 saturated heterocycles. The molecule has 1 aromatic carbocycles. The summed E-state index contributed by atoms with van der Waals surface area (Å²) in [6.07, 6.45) is 2.41. The lowest BCUT2D eigenvalue weighted by atomic mass is 10.1. The van der Waals surface area contributed by atoms with Crippen LogP contribution in [-0.2, 0) is 0 Å². The van der Waals surface area contributed by atoms with Crippen molar-refractivity contribution in [2.45, 2.75) is 6.92 Å². The van der Waals surface area contributed by atoms with Gasteiger partial charge in [-0.15, -0.1) is 0 Å². The average Bonchev–Trinajstić information content (AvgIpc) is 2.87. The molecule has 0 saturated carbocycles. The zero-order valence-electron chi connectivity index (χ0n) is 10.6. The van der Waals surface area contributed by atoms with Gasteiger partial charge in [-0.05, 0) is 25.1 Å². The Hall–Kier alpha value is -1.52. The smallest absolute Gasteiger partial charge is 0.158 e. The molecule has 0 unspecified atom stereocenters. The molecule has 2 N–H and O–H groups in total. The SMILES string of the molecule is C[C](O)N1CCN(c2cccc3[nH]ccc23)CC1. The van der Waals surface area contributed by atoms with Gasteiger partial charge in [-0.2, -0.15) is 0 Å². The molecule has 0 amide bonds. The van der Waals surface area contributed by atoms with Crippen LogP contribution < -0.4 is 4.90 Å². The molecular formula is C14H18N3O. The summed E-state index contributed by atoms with van der Waals surface area (Å²) in [5.41, 5.74) is 2.46. The molecule has 0 aliphatic carbocycles. The van der Waals surface area contributed by atoms with E-state index in [1.54, 1.807) is 6.92 Å². The zero-order chi connectivity index (χ0) is 12.5. The maximum absolute atomic E-state index is 9.49. The van der Waals surface area contributed by atoms with E-state index < -0.39 is 0 Å². The number of piperazine rings is 1. The third-order valence-electron chi connectivity index (χ3n) is 3.65. The van der Waals surface area contributed by atoms with Crippen LogP contribution in [0.5, 0.6) is 0 Å². The molecule has 2 heterocycles. The lowest BCUT2D eigenvalue weighted by Crippen LogP contribution is -2.47. The Bertz CT molecular complexity index is 527. The number of hydrogen-bond donors (Lipinski definition) is 2. The van der Waals surface area contributed by atoms with Gasteiger partial charge in [0.15, 0.2) is 6.23 Å². The topological polar surface area (TPSA) is 42.5 Å². The van der Waals surface area contributed by atoms with Gasteiger partial charge in [0.05, 0.1) is 0 Å². The molecule has 2 aromatic rings. The fourth-order valence-corrected chi connectivity index (χ4v) is 2.62. The number of nitrogens with one attached hydrogen (secondary N) is 1. The molecule has 0 atom stereocenters. The van der Waals surface area contributed by atoms with Gasteiger partial charge in [0, 0.05) is 49.0 Å². The molecule has 1 aromatic heterocycles. The van der Waals surface area contributed by atoms with Crippen molar-refractivity contribution in [2.24, 2.45) is 0 Å². The summed E-state index contributed by atoms with van der Waals surface area (Å²) >= 11 is 0. The Morgan fingerprint density at radius 2 is 1.94 bits per heavy atom. The summed E-state index contributed by atoms with van der Waals surface area (Å²) in [7, 11) is 0. The standard InChI is InChI=1S/C14H18N3O/c1-11(18)16-7-9-17(10-8-16)14-4-2-3-13-12(14)5-6-15-13/h2-6,15,18H,7-10H2,1H3. The van der Waals surface area contributed by atoms with Crippen molar-refractivity contribution in [3.8, 4) is 0 Å². The Morgan fingerprint density at radius 1 is 1.17 bits per heavy atom. The Morgan fingerprint density at radius 3 is 2.67 bits per heavy atom. The summed E-state index contributed by atoms with van der Waals surface area (Å²) in [4.78, 5) is 7.65. The number of rotatable bonds is 2. The molecule has 0 spiro atoms. The first-order valence-corrected chi connectivity index (χ1v) is 6.34. The van der Waals surface area contributed by atoms with Crippen LogP contribution in [0.3, 0.4) is 0 Å². The monoisotopic (exact) mass is 244 g/mol. The van der Waals surface area contributed by atoms with Crippen molar-refractivity contribution in [2.75, 3.05) is 31.1 Å². The highest BCUT2D eigenvalue weighted by Crippen LogP contribution is 2.27. The van der Waals surface area contributed by atoms with Crippen LogP contribution in [0, 0.1) is 6.23 Å². The summed E-state index contributed by atoms with van der Waals surface area (Å²) in [5.74, 6) is 0. The van der Waals surface area contributed by atoms with Gasteiger partial charge in [0.1, 0.15) is 0 Å². The lowest BCUT2D eigenvalue weighted by Gasteiger charge is -2.37. The normalized spacial score (nSPS) is 17.8. The minimum absolute atomic E-state index is 0.425. The summed E-state index contributed by atoms with van der Waals surface area (Å²) in [5, 5.41) is 10.8. The Balaban J connectivity index is 1.82. The number of fused-ring (bicyclic) bond motifs is 1. The van der Waals surface area contributed by atoms with E-state index in [0.717, 1.165) is 26.2 Å². The van der Waals surface area contributed by atoms with Crippen molar-refractivity contribution >= 4 is 16.6 Å². The number of anilines is 1. The average molecular weight is 244 g/mol. The number of hydrogen-bond acceptors (Lipinski definition) is 3. The second kappa shape index (κ2) is 4.63. The second-order valence-electron chi connectivity index (χ2n) is 4.74. The minimum Gasteiger partial charge on any atom is -0.371 e. The molecule has 1 aliphatic heterocycles. The predicted octanol–water partition coefficient (Wildman–Crippen LogP) is 2.17. The first-order valence-electron chi connectivity index (χ1n) is 6.34. The molecule has 4 heteroatoms. The third kappa shape index (κ3) is 1.98. The van der Waals surface area contributed by atoms with Crippen LogP contribution in [0.1, 0.15) is 6.92 Å². The van der Waals surface area contributed by atoms with E-state index in [0.29, 0.717) is 6.23 Å². The van der Waals surface area contributed by atoms with Crippen molar-refractivity contribution in [3.63, 3.8) is 0 Å². The van der Waals surface area contributed by atoms with Crippen LogP contribution in [-0.4, -0.2) is 41.2 Å². The van der Waals surface area contributed by atoms with Crippen LogP contribution in [0.2, 0.25) is 0 Å². The lowest BCUT2D eigenvalue weighted by molar-refractivity contribution is 0.115. The fraction of sp³-hybridized carbons (Fsp3) is 0.357. The van der Waals surface area contributed by atoms with Crippen LogP contribution >= 0.6 is 0 Å². The first kappa shape index (κ1) is 11.6. The number of aromatic nitrogens is 1.